The fourth-order valence-electron chi connectivity index (χ4n) is 2.43. The molecule has 0 bridgehead atoms. The molecular formula is C16H24N2O2. The minimum absolute atomic E-state index is 0.0465. The first-order valence-corrected chi connectivity index (χ1v) is 7.34. The maximum Gasteiger partial charge on any atom is 0.227 e. The molecule has 2 rings (SSSR count). The lowest BCUT2D eigenvalue weighted by Gasteiger charge is -2.13. The molecule has 1 aromatic carbocycles. The molecule has 2 atom stereocenters. The Morgan fingerprint density at radius 1 is 1.45 bits per heavy atom. The summed E-state index contributed by atoms with van der Waals surface area (Å²) in [7, 11) is 0. The van der Waals surface area contributed by atoms with Gasteiger partial charge in [-0.15, -0.1) is 0 Å². The standard InChI is InChI=1S/C16H24N2O2/c1-11(2)10-20-15-5-3-4-14(9-15)18-16(19)12-6-7-13(17)8-12/h3-5,9,11-13H,6-8,10,17H2,1-2H3,(H,18,19). The first-order chi connectivity index (χ1) is 9.54. The number of nitrogens with one attached hydrogen (secondary N) is 1. The van der Waals surface area contributed by atoms with Gasteiger partial charge in [-0.25, -0.2) is 0 Å². The van der Waals surface area contributed by atoms with Crippen LogP contribution < -0.4 is 15.8 Å². The van der Waals surface area contributed by atoms with Crippen LogP contribution in [0.25, 0.3) is 0 Å². The maximum absolute atomic E-state index is 12.1. The third kappa shape index (κ3) is 4.23. The highest BCUT2D eigenvalue weighted by Gasteiger charge is 2.27. The molecule has 0 aromatic heterocycles. The van der Waals surface area contributed by atoms with Crippen LogP contribution >= 0.6 is 0 Å². The summed E-state index contributed by atoms with van der Waals surface area (Å²) in [6, 6.07) is 7.73. The molecule has 0 radical (unpaired) electrons. The van der Waals surface area contributed by atoms with Crippen LogP contribution in [-0.2, 0) is 4.79 Å². The molecule has 110 valence electrons. The van der Waals surface area contributed by atoms with Gasteiger partial charge >= 0.3 is 0 Å². The van der Waals surface area contributed by atoms with Crippen molar-refractivity contribution < 1.29 is 9.53 Å². The topological polar surface area (TPSA) is 64.3 Å². The largest absolute Gasteiger partial charge is 0.493 e. The van der Waals surface area contributed by atoms with Gasteiger partial charge in [0.2, 0.25) is 5.91 Å². The van der Waals surface area contributed by atoms with Gasteiger partial charge in [0, 0.05) is 23.7 Å². The zero-order chi connectivity index (χ0) is 14.5. The summed E-state index contributed by atoms with van der Waals surface area (Å²) in [5.41, 5.74) is 6.64. The van der Waals surface area contributed by atoms with Gasteiger partial charge in [-0.2, -0.15) is 0 Å². The molecular weight excluding hydrogens is 252 g/mol. The summed E-state index contributed by atoms with van der Waals surface area (Å²) in [6.45, 7) is 4.89. The molecule has 20 heavy (non-hydrogen) atoms. The summed E-state index contributed by atoms with van der Waals surface area (Å²) in [5.74, 6) is 1.39. The Kier molecular flexibility index (Phi) is 5.01. The first kappa shape index (κ1) is 14.9. The minimum atomic E-state index is 0.0465. The highest BCUT2D eigenvalue weighted by molar-refractivity contribution is 5.92. The molecule has 4 heteroatoms. The minimum Gasteiger partial charge on any atom is -0.493 e. The highest BCUT2D eigenvalue weighted by atomic mass is 16.5. The number of hydrogen-bond donors (Lipinski definition) is 2. The van der Waals surface area contributed by atoms with Crippen LogP contribution in [0.5, 0.6) is 5.75 Å². The van der Waals surface area contributed by atoms with Crippen molar-refractivity contribution in [3.63, 3.8) is 0 Å². The lowest BCUT2D eigenvalue weighted by molar-refractivity contribution is -0.119. The van der Waals surface area contributed by atoms with E-state index in [1.165, 1.54) is 0 Å². The van der Waals surface area contributed by atoms with Crippen molar-refractivity contribution >= 4 is 11.6 Å². The summed E-state index contributed by atoms with van der Waals surface area (Å²) in [5, 5.41) is 2.96. The van der Waals surface area contributed by atoms with E-state index in [1.54, 1.807) is 0 Å². The second-order valence-corrected chi connectivity index (χ2v) is 5.99. The van der Waals surface area contributed by atoms with Crippen LogP contribution in [0.1, 0.15) is 33.1 Å². The molecule has 1 amide bonds. The molecule has 1 saturated carbocycles. The van der Waals surface area contributed by atoms with E-state index in [9.17, 15) is 4.79 Å². The highest BCUT2D eigenvalue weighted by Crippen LogP contribution is 2.26. The second kappa shape index (κ2) is 6.75. The molecule has 0 heterocycles. The van der Waals surface area contributed by atoms with Crippen LogP contribution in [-0.4, -0.2) is 18.6 Å². The first-order valence-electron chi connectivity index (χ1n) is 7.34. The van der Waals surface area contributed by atoms with Crippen molar-refractivity contribution in [1.82, 2.24) is 0 Å². The molecule has 1 fully saturated rings. The van der Waals surface area contributed by atoms with E-state index < -0.39 is 0 Å². The van der Waals surface area contributed by atoms with Crippen LogP contribution in [0.15, 0.2) is 24.3 Å². The van der Waals surface area contributed by atoms with E-state index in [2.05, 4.69) is 19.2 Å². The Bertz CT molecular complexity index is 460. The average Bonchev–Trinajstić information content (AvgIpc) is 2.84. The summed E-state index contributed by atoms with van der Waals surface area (Å²) < 4.78 is 5.66. The van der Waals surface area contributed by atoms with Gasteiger partial charge in [0.15, 0.2) is 0 Å². The monoisotopic (exact) mass is 276 g/mol. The summed E-state index contributed by atoms with van der Waals surface area (Å²) in [4.78, 5) is 12.1. The number of hydrogen-bond acceptors (Lipinski definition) is 3. The molecule has 1 aromatic rings. The number of benzene rings is 1. The van der Waals surface area contributed by atoms with Gasteiger partial charge < -0.3 is 15.8 Å². The molecule has 1 aliphatic carbocycles. The summed E-state index contributed by atoms with van der Waals surface area (Å²) >= 11 is 0. The quantitative estimate of drug-likeness (QED) is 0.869. The Morgan fingerprint density at radius 2 is 2.25 bits per heavy atom. The Balaban J connectivity index is 1.92. The van der Waals surface area contributed by atoms with Crippen LogP contribution in [0.4, 0.5) is 5.69 Å². The third-order valence-electron chi connectivity index (χ3n) is 3.53. The van der Waals surface area contributed by atoms with E-state index in [-0.39, 0.29) is 17.9 Å². The number of ether oxygens (including phenoxy) is 1. The number of anilines is 1. The number of carbonyl (C=O) groups excluding carboxylic acids is 1. The molecule has 4 nitrogen and oxygen atoms in total. The molecule has 2 unspecified atom stereocenters. The van der Waals surface area contributed by atoms with E-state index in [0.717, 1.165) is 30.7 Å². The van der Waals surface area contributed by atoms with E-state index in [1.807, 2.05) is 24.3 Å². The van der Waals surface area contributed by atoms with Gasteiger partial charge in [-0.1, -0.05) is 19.9 Å². The van der Waals surface area contributed by atoms with Gasteiger partial charge in [0.25, 0.3) is 0 Å². The molecule has 0 aliphatic heterocycles. The predicted octanol–water partition coefficient (Wildman–Crippen LogP) is 2.79. The fourth-order valence-corrected chi connectivity index (χ4v) is 2.43. The van der Waals surface area contributed by atoms with Crippen molar-refractivity contribution in [1.29, 1.82) is 0 Å². The zero-order valence-corrected chi connectivity index (χ0v) is 12.3. The Labute approximate surface area is 120 Å². The fraction of sp³-hybridized carbons (Fsp3) is 0.562. The summed E-state index contributed by atoms with van der Waals surface area (Å²) in [6.07, 6.45) is 2.61. The molecule has 3 N–H and O–H groups in total. The van der Waals surface area contributed by atoms with E-state index in [0.29, 0.717) is 12.5 Å². The number of amides is 1. The van der Waals surface area contributed by atoms with Crippen molar-refractivity contribution in [3.05, 3.63) is 24.3 Å². The van der Waals surface area contributed by atoms with Crippen molar-refractivity contribution in [3.8, 4) is 5.75 Å². The zero-order valence-electron chi connectivity index (χ0n) is 12.3. The van der Waals surface area contributed by atoms with Crippen molar-refractivity contribution in [2.45, 2.75) is 39.2 Å². The smallest absolute Gasteiger partial charge is 0.227 e. The average molecular weight is 276 g/mol. The van der Waals surface area contributed by atoms with Gasteiger partial charge in [-0.05, 0) is 37.3 Å². The van der Waals surface area contributed by atoms with Crippen LogP contribution in [0, 0.1) is 11.8 Å². The lowest BCUT2D eigenvalue weighted by Crippen LogP contribution is -2.23. The Morgan fingerprint density at radius 3 is 2.90 bits per heavy atom. The van der Waals surface area contributed by atoms with Crippen LogP contribution in [0.2, 0.25) is 0 Å². The third-order valence-corrected chi connectivity index (χ3v) is 3.53. The maximum atomic E-state index is 12.1. The SMILES string of the molecule is CC(C)COc1cccc(NC(=O)C2CCC(N)C2)c1. The van der Waals surface area contributed by atoms with Crippen molar-refractivity contribution in [2.75, 3.05) is 11.9 Å². The number of nitrogens with two attached hydrogens (primary N) is 1. The molecule has 0 saturated heterocycles. The molecule has 0 spiro atoms. The van der Waals surface area contributed by atoms with Gasteiger partial charge in [0.1, 0.15) is 5.75 Å². The second-order valence-electron chi connectivity index (χ2n) is 5.99. The van der Waals surface area contributed by atoms with E-state index >= 15 is 0 Å². The number of carbonyl (C=O) groups is 1. The van der Waals surface area contributed by atoms with Gasteiger partial charge in [-0.3, -0.25) is 4.79 Å². The van der Waals surface area contributed by atoms with E-state index in [4.69, 9.17) is 10.5 Å². The van der Waals surface area contributed by atoms with Crippen LogP contribution in [0.3, 0.4) is 0 Å². The lowest BCUT2D eigenvalue weighted by atomic mass is 10.1. The predicted molar refractivity (Wildman–Crippen MR) is 80.7 cm³/mol. The van der Waals surface area contributed by atoms with Gasteiger partial charge in [0.05, 0.1) is 6.61 Å². The number of rotatable bonds is 5. The molecule has 1 aliphatic rings. The normalized spacial score (nSPS) is 22.0. The van der Waals surface area contributed by atoms with Crippen molar-refractivity contribution in [2.24, 2.45) is 17.6 Å². The Hall–Kier alpha value is -1.55.